The molecule has 2 fully saturated rings. The summed E-state index contributed by atoms with van der Waals surface area (Å²) in [7, 11) is 0. The van der Waals surface area contributed by atoms with Gasteiger partial charge in [0.25, 0.3) is 0 Å². The van der Waals surface area contributed by atoms with E-state index >= 15 is 0 Å². The van der Waals surface area contributed by atoms with Crippen LogP contribution in [0.15, 0.2) is 78.2 Å². The molecule has 0 spiro atoms. The molecule has 0 bridgehead atoms. The molecular weight excluding hydrogens is 1440 g/mol. The fourth-order valence-corrected chi connectivity index (χ4v) is 12.8. The lowest BCUT2D eigenvalue weighted by molar-refractivity contribution is -0.151. The Morgan fingerprint density at radius 3 is 1.43 bits per heavy atom. The van der Waals surface area contributed by atoms with Crippen molar-refractivity contribution in [2.75, 3.05) is 26.2 Å². The molecule has 0 radical (unpaired) electrons. The van der Waals surface area contributed by atoms with Crippen LogP contribution >= 0.6 is 0 Å². The number of unbranched alkanes of at least 4 members (excludes halogenated alkanes) is 1. The number of guanidine groups is 1. The highest BCUT2D eigenvalue weighted by Gasteiger charge is 2.45. The number of carboxylic acid groups (broad SMARTS) is 1. The van der Waals surface area contributed by atoms with E-state index in [1.165, 1.54) is 26.4 Å². The van der Waals surface area contributed by atoms with Crippen LogP contribution in [0.4, 0.5) is 0 Å². The predicted molar refractivity (Wildman–Crippen MR) is 406 cm³/mol. The quantitative estimate of drug-likeness (QED) is 0.0145. The summed E-state index contributed by atoms with van der Waals surface area (Å²) in [5, 5.41) is 58.0. The Morgan fingerprint density at radius 1 is 0.523 bits per heavy atom. The molecule has 0 saturated carbocycles. The van der Waals surface area contributed by atoms with Crippen LogP contribution in [0.3, 0.4) is 0 Å². The molecule has 3 aromatic rings. The van der Waals surface area contributed by atoms with Crippen LogP contribution in [0, 0.1) is 17.8 Å². The van der Waals surface area contributed by atoms with Crippen molar-refractivity contribution in [2.45, 2.75) is 236 Å². The molecule has 2 aliphatic heterocycles. The van der Waals surface area contributed by atoms with E-state index < -0.39 is 192 Å². The van der Waals surface area contributed by atoms with Gasteiger partial charge in [-0.05, 0) is 107 Å². The molecule has 24 N–H and O–H groups in total. The number of aliphatic carboxylic acids is 1. The van der Waals surface area contributed by atoms with Gasteiger partial charge in [0.15, 0.2) is 5.96 Å². The van der Waals surface area contributed by atoms with Crippen molar-refractivity contribution < 1.29 is 82.4 Å². The molecule has 1 aromatic heterocycles. The van der Waals surface area contributed by atoms with Gasteiger partial charge in [0.1, 0.15) is 72.5 Å². The van der Waals surface area contributed by atoms with Gasteiger partial charge in [-0.2, -0.15) is 0 Å². The van der Waals surface area contributed by atoms with Gasteiger partial charge >= 0.3 is 5.97 Å². The fourth-order valence-electron chi connectivity index (χ4n) is 12.8. The SMILES string of the molecule is CC[C@H](C)[C@H](NC(=O)[C@H](CC(N)=O)NC(=O)[C@H](CCCCN)NC(=O)[C@H](Cc1ccccc1)NC(=O)[C@H](Cc1ccccc1)NC(=O)[C@H](Cc1cnc[nH]1)NC(=O)[C@@H](N)C(C)C)C(=O)N[C@H](C(=O)N[C@H](C(=O)N1CCC[C@H]1C(=O)N[C@@H](CCCN=C(N)N)C(=O)N[C@H](C(=O)N1CCC[C@H]1C(=O)O)[C@@H](C)O)[C@@H](C)O)C(C)C. The summed E-state index contributed by atoms with van der Waals surface area (Å²) < 4.78 is 0. The number of carbonyl (C=O) groups is 14. The summed E-state index contributed by atoms with van der Waals surface area (Å²) in [4.78, 5) is 210. The molecule has 5 rings (SSSR count). The lowest BCUT2D eigenvalue weighted by atomic mass is 9.95. The molecule has 2 aliphatic rings. The number of carboxylic acids is 1. The number of hydrogen-bond donors (Lipinski definition) is 19. The van der Waals surface area contributed by atoms with Crippen molar-refractivity contribution in [3.05, 3.63) is 90.0 Å². The van der Waals surface area contributed by atoms with Gasteiger partial charge in [0, 0.05) is 50.8 Å². The first-order valence-corrected chi connectivity index (χ1v) is 37.6. The smallest absolute Gasteiger partial charge is 0.326 e. The number of aliphatic hydroxyl groups excluding tert-OH is 2. The van der Waals surface area contributed by atoms with Crippen LogP contribution in [-0.4, -0.2) is 241 Å². The first-order valence-electron chi connectivity index (χ1n) is 37.6. The Bertz CT molecular complexity index is 3660. The maximum atomic E-state index is 14.9. The Morgan fingerprint density at radius 2 is 0.955 bits per heavy atom. The normalized spacial score (nSPS) is 17.9. The Hall–Kier alpha value is -10.7. The van der Waals surface area contributed by atoms with Crippen LogP contribution in [0.1, 0.15) is 143 Å². The van der Waals surface area contributed by atoms with Crippen molar-refractivity contribution in [3.63, 3.8) is 0 Å². The fraction of sp³-hybridized carbons (Fsp3) is 0.595. The van der Waals surface area contributed by atoms with Crippen molar-refractivity contribution in [3.8, 4) is 0 Å². The summed E-state index contributed by atoms with van der Waals surface area (Å²) in [5.41, 5.74) is 30.4. The maximum absolute atomic E-state index is 14.9. The van der Waals surface area contributed by atoms with E-state index in [0.29, 0.717) is 29.7 Å². The second-order valence-electron chi connectivity index (χ2n) is 29.0. The Balaban J connectivity index is 1.35. The minimum Gasteiger partial charge on any atom is -0.480 e. The molecule has 111 heavy (non-hydrogen) atoms. The van der Waals surface area contributed by atoms with Gasteiger partial charge < -0.3 is 112 Å². The largest absolute Gasteiger partial charge is 0.480 e. The monoisotopic (exact) mass is 1550 g/mol. The Labute approximate surface area is 645 Å². The molecule has 16 atom stereocenters. The topological polar surface area (TPSA) is 598 Å². The van der Waals surface area contributed by atoms with Gasteiger partial charge in [-0.1, -0.05) is 109 Å². The number of aromatic nitrogens is 2. The van der Waals surface area contributed by atoms with Gasteiger partial charge in [-0.15, -0.1) is 0 Å². The number of imidazole rings is 1. The molecule has 0 aliphatic carbocycles. The van der Waals surface area contributed by atoms with E-state index in [1.54, 1.807) is 102 Å². The number of H-pyrrole nitrogens is 1. The van der Waals surface area contributed by atoms with Crippen molar-refractivity contribution >= 4 is 88.7 Å². The van der Waals surface area contributed by atoms with Crippen LogP contribution in [0.25, 0.3) is 0 Å². The second kappa shape index (κ2) is 44.9. The lowest BCUT2D eigenvalue weighted by Crippen LogP contribution is -2.63. The number of aromatic amines is 1. The summed E-state index contributed by atoms with van der Waals surface area (Å²) >= 11 is 0. The third-order valence-corrected chi connectivity index (χ3v) is 19.5. The summed E-state index contributed by atoms with van der Waals surface area (Å²) in [6.45, 7) is 12.5. The summed E-state index contributed by atoms with van der Waals surface area (Å²) in [6, 6.07) is -1.53. The van der Waals surface area contributed by atoms with E-state index in [-0.39, 0.29) is 109 Å². The molecule has 2 saturated heterocycles. The number of aliphatic hydroxyl groups is 2. The number of nitrogens with one attached hydrogen (secondary N) is 11. The number of carbonyl (C=O) groups excluding carboxylic acids is 13. The maximum Gasteiger partial charge on any atom is 0.326 e. The first kappa shape index (κ1) is 91.0. The van der Waals surface area contributed by atoms with Gasteiger partial charge in [-0.25, -0.2) is 9.78 Å². The number of hydrogen-bond acceptors (Lipinski definition) is 20. The second-order valence-corrected chi connectivity index (χ2v) is 29.0. The molecule has 612 valence electrons. The van der Waals surface area contributed by atoms with Crippen molar-refractivity contribution in [2.24, 2.45) is 51.4 Å². The number of benzene rings is 2. The highest BCUT2D eigenvalue weighted by Crippen LogP contribution is 2.23. The molecule has 0 unspecified atom stereocenters. The average molecular weight is 1560 g/mol. The molecule has 13 amide bonds. The average Bonchev–Trinajstić information content (AvgIpc) is 1.79. The zero-order chi connectivity index (χ0) is 82.3. The first-order chi connectivity index (χ1) is 52.6. The van der Waals surface area contributed by atoms with Crippen LogP contribution in [-0.2, 0) is 86.4 Å². The third-order valence-electron chi connectivity index (χ3n) is 19.5. The molecule has 2 aromatic carbocycles. The standard InChI is InChI=1S/C74H114N20O17/c1-9-41(6)58(70(107)89-57(40(4)5)69(106)92-60(43(8)96)71(108)93-31-19-27-53(93)67(104)84-48(26-18-30-81-74(78)79)62(99)91-59(42(7)95)72(109)94-32-20-28-54(94)73(110)111)90-66(103)52(36-55(76)97)87-61(98)47(25-16-17-29-75)83-63(100)49(33-44-21-12-10-13-22-44)85-64(101)50(34-45-23-14-11-15-24-45)86-65(102)51(35-46-37-80-38-82-46)88-68(105)56(77)39(2)3/h10-15,21-24,37-43,47-54,56-60,95-96H,9,16-20,25-36,75,77H2,1-8H3,(H2,76,97)(H,80,82)(H,83,100)(H,84,104)(H,85,101)(H,86,102)(H,87,98)(H,88,105)(H,89,107)(H,90,103)(H,91,99)(H,92,106)(H,110,111)(H4,78,79,81)/t41-,42+,43+,47-,48-,49-,50-,51-,52-,53-,54-,56-,57-,58-,59-,60-/m0/s1. The minimum atomic E-state index is -1.81. The van der Waals surface area contributed by atoms with E-state index in [2.05, 4.69) is 68.1 Å². The molecular formula is C74H114N20O17. The van der Waals surface area contributed by atoms with Crippen molar-refractivity contribution in [1.29, 1.82) is 0 Å². The van der Waals surface area contributed by atoms with E-state index in [0.717, 1.165) is 9.80 Å². The zero-order valence-corrected chi connectivity index (χ0v) is 64.3. The lowest BCUT2D eigenvalue weighted by Gasteiger charge is -2.33. The minimum absolute atomic E-state index is 0.00455. The number of nitrogens with zero attached hydrogens (tertiary/aromatic N) is 4. The number of nitrogens with two attached hydrogens (primary N) is 5. The highest BCUT2D eigenvalue weighted by atomic mass is 16.4. The van der Waals surface area contributed by atoms with E-state index in [1.807, 2.05) is 0 Å². The highest BCUT2D eigenvalue weighted by molar-refractivity contribution is 6.01. The molecule has 37 nitrogen and oxygen atoms in total. The van der Waals surface area contributed by atoms with Crippen LogP contribution < -0.4 is 81.8 Å². The Kier molecular flexibility index (Phi) is 36.8. The van der Waals surface area contributed by atoms with Gasteiger partial charge in [0.2, 0.25) is 76.8 Å². The summed E-state index contributed by atoms with van der Waals surface area (Å²) in [5.74, 6) is -15.1. The van der Waals surface area contributed by atoms with Gasteiger partial charge in [0.05, 0.1) is 31.0 Å². The number of likely N-dealkylation sites (tertiary alicyclic amines) is 2. The number of aliphatic imine (C=N–C) groups is 1. The summed E-state index contributed by atoms with van der Waals surface area (Å²) in [6.07, 6.45) is -0.0224. The number of primary amides is 1. The van der Waals surface area contributed by atoms with Crippen LogP contribution in [0.5, 0.6) is 0 Å². The van der Waals surface area contributed by atoms with Gasteiger partial charge in [-0.3, -0.25) is 67.3 Å². The van der Waals surface area contributed by atoms with Crippen molar-refractivity contribution in [1.82, 2.24) is 72.9 Å². The third kappa shape index (κ3) is 28.3. The molecule has 37 heteroatoms. The van der Waals surface area contributed by atoms with E-state index in [4.69, 9.17) is 28.7 Å². The van der Waals surface area contributed by atoms with Crippen LogP contribution in [0.2, 0.25) is 0 Å². The zero-order valence-electron chi connectivity index (χ0n) is 64.3. The molecule has 3 heterocycles. The number of rotatable bonds is 45. The van der Waals surface area contributed by atoms with E-state index in [9.17, 15) is 82.4 Å². The number of amides is 13. The predicted octanol–water partition coefficient (Wildman–Crippen LogP) is -4.14.